The molecule has 0 aliphatic carbocycles. The lowest BCUT2D eigenvalue weighted by molar-refractivity contribution is 0.371. The number of hydrogen-bond acceptors (Lipinski definition) is 5. The van der Waals surface area contributed by atoms with Crippen molar-refractivity contribution in [2.24, 2.45) is 4.99 Å². The standard InChI is InChI=1S/C21H31N5OS.HI/c1-17-16-28-20(24-17)9-4-5-10-23-21(22-2)26-13-11-25(12-14-26)18-7-6-8-19(15-18)27-3;/h6-8,15-16H,4-5,9-14H2,1-3H3,(H,22,23);1H. The topological polar surface area (TPSA) is 53.0 Å². The molecule has 3 rings (SSSR count). The first-order chi connectivity index (χ1) is 13.7. The summed E-state index contributed by atoms with van der Waals surface area (Å²) >= 11 is 1.77. The van der Waals surface area contributed by atoms with E-state index in [0.29, 0.717) is 0 Å². The van der Waals surface area contributed by atoms with Gasteiger partial charge in [0, 0.05) is 62.6 Å². The van der Waals surface area contributed by atoms with Crippen molar-refractivity contribution in [2.45, 2.75) is 26.2 Å². The van der Waals surface area contributed by atoms with E-state index in [2.05, 4.69) is 49.5 Å². The Labute approximate surface area is 195 Å². The van der Waals surface area contributed by atoms with Crippen LogP contribution in [0.4, 0.5) is 5.69 Å². The van der Waals surface area contributed by atoms with Crippen molar-refractivity contribution in [1.82, 2.24) is 15.2 Å². The molecule has 0 radical (unpaired) electrons. The van der Waals surface area contributed by atoms with Gasteiger partial charge in [-0.25, -0.2) is 4.98 Å². The van der Waals surface area contributed by atoms with Gasteiger partial charge in [-0.1, -0.05) is 6.07 Å². The Morgan fingerprint density at radius 2 is 2.03 bits per heavy atom. The maximum Gasteiger partial charge on any atom is 0.193 e. The van der Waals surface area contributed by atoms with Crippen LogP contribution in [-0.2, 0) is 6.42 Å². The summed E-state index contributed by atoms with van der Waals surface area (Å²) in [5.74, 6) is 1.92. The Kier molecular flexibility index (Phi) is 9.99. The van der Waals surface area contributed by atoms with E-state index < -0.39 is 0 Å². The Bertz CT molecular complexity index is 774. The lowest BCUT2D eigenvalue weighted by Gasteiger charge is -2.37. The number of benzene rings is 1. The highest BCUT2D eigenvalue weighted by Gasteiger charge is 2.19. The third-order valence-corrected chi connectivity index (χ3v) is 6.00. The molecule has 0 spiro atoms. The minimum Gasteiger partial charge on any atom is -0.497 e. The number of halogens is 1. The van der Waals surface area contributed by atoms with Crippen LogP contribution in [0.3, 0.4) is 0 Å². The molecule has 0 saturated carbocycles. The summed E-state index contributed by atoms with van der Waals surface area (Å²) in [6, 6.07) is 8.29. The minimum absolute atomic E-state index is 0. The molecule has 0 unspecified atom stereocenters. The number of piperazine rings is 1. The summed E-state index contributed by atoms with van der Waals surface area (Å²) < 4.78 is 5.35. The lowest BCUT2D eigenvalue weighted by atomic mass is 10.2. The molecule has 8 heteroatoms. The van der Waals surface area contributed by atoms with Crippen LogP contribution in [0.25, 0.3) is 0 Å². The van der Waals surface area contributed by atoms with E-state index in [1.807, 2.05) is 19.2 Å². The third-order valence-electron chi connectivity index (χ3n) is 4.98. The van der Waals surface area contributed by atoms with E-state index in [-0.39, 0.29) is 24.0 Å². The molecular weight excluding hydrogens is 497 g/mol. The number of guanidine groups is 1. The highest BCUT2D eigenvalue weighted by atomic mass is 127. The van der Waals surface area contributed by atoms with Crippen molar-refractivity contribution >= 4 is 47.0 Å². The average molecular weight is 529 g/mol. The van der Waals surface area contributed by atoms with Crippen molar-refractivity contribution in [1.29, 1.82) is 0 Å². The second kappa shape index (κ2) is 12.2. The van der Waals surface area contributed by atoms with Gasteiger partial charge in [-0.2, -0.15) is 0 Å². The van der Waals surface area contributed by atoms with Gasteiger partial charge in [0.15, 0.2) is 5.96 Å². The quantitative estimate of drug-likeness (QED) is 0.256. The highest BCUT2D eigenvalue weighted by Crippen LogP contribution is 2.22. The van der Waals surface area contributed by atoms with Crippen LogP contribution in [0, 0.1) is 6.92 Å². The van der Waals surface area contributed by atoms with Crippen molar-refractivity contribution in [3.63, 3.8) is 0 Å². The fourth-order valence-electron chi connectivity index (χ4n) is 3.43. The van der Waals surface area contributed by atoms with Crippen LogP contribution in [-0.4, -0.2) is 62.7 Å². The molecule has 160 valence electrons. The van der Waals surface area contributed by atoms with Gasteiger partial charge in [-0.3, -0.25) is 4.99 Å². The number of nitrogens with one attached hydrogen (secondary N) is 1. The highest BCUT2D eigenvalue weighted by molar-refractivity contribution is 14.0. The number of aromatic nitrogens is 1. The molecule has 0 amide bonds. The van der Waals surface area contributed by atoms with Crippen molar-refractivity contribution in [3.8, 4) is 5.75 Å². The summed E-state index contributed by atoms with van der Waals surface area (Å²) in [6.45, 7) is 6.91. The number of aliphatic imine (C=N–C) groups is 1. The predicted octanol–water partition coefficient (Wildman–Crippen LogP) is 3.80. The summed E-state index contributed by atoms with van der Waals surface area (Å²) in [6.07, 6.45) is 3.35. The Balaban J connectivity index is 0.00000300. The molecule has 2 heterocycles. The Morgan fingerprint density at radius 1 is 1.24 bits per heavy atom. The molecule has 1 N–H and O–H groups in total. The Morgan fingerprint density at radius 3 is 2.69 bits per heavy atom. The SMILES string of the molecule is CN=C(NCCCCc1nc(C)cs1)N1CCN(c2cccc(OC)c2)CC1.I. The van der Waals surface area contributed by atoms with Gasteiger partial charge in [0.05, 0.1) is 12.1 Å². The fourth-order valence-corrected chi connectivity index (χ4v) is 4.25. The van der Waals surface area contributed by atoms with E-state index in [9.17, 15) is 0 Å². The molecule has 29 heavy (non-hydrogen) atoms. The second-order valence-corrected chi connectivity index (χ2v) is 7.93. The molecule has 1 aliphatic heterocycles. The van der Waals surface area contributed by atoms with Gasteiger partial charge >= 0.3 is 0 Å². The Hall–Kier alpha value is -1.55. The zero-order valence-electron chi connectivity index (χ0n) is 17.6. The van der Waals surface area contributed by atoms with Gasteiger partial charge in [0.1, 0.15) is 5.75 Å². The summed E-state index contributed by atoms with van der Waals surface area (Å²) in [7, 11) is 3.58. The van der Waals surface area contributed by atoms with Crippen LogP contribution in [0.1, 0.15) is 23.5 Å². The largest absolute Gasteiger partial charge is 0.497 e. The van der Waals surface area contributed by atoms with Crippen LogP contribution in [0.15, 0.2) is 34.6 Å². The van der Waals surface area contributed by atoms with E-state index in [0.717, 1.165) is 69.4 Å². The number of aryl methyl sites for hydroxylation is 2. The number of anilines is 1. The molecule has 2 aromatic rings. The average Bonchev–Trinajstić information content (AvgIpc) is 3.16. The number of ether oxygens (including phenoxy) is 1. The molecule has 1 fully saturated rings. The zero-order valence-corrected chi connectivity index (χ0v) is 20.7. The van der Waals surface area contributed by atoms with E-state index in [4.69, 9.17) is 4.74 Å². The minimum atomic E-state index is 0. The van der Waals surface area contributed by atoms with E-state index >= 15 is 0 Å². The second-order valence-electron chi connectivity index (χ2n) is 6.99. The molecule has 0 bridgehead atoms. The fraction of sp³-hybridized carbons (Fsp3) is 0.524. The third kappa shape index (κ3) is 7.02. The number of methoxy groups -OCH3 is 1. The monoisotopic (exact) mass is 529 g/mol. The van der Waals surface area contributed by atoms with Gasteiger partial charge < -0.3 is 19.9 Å². The van der Waals surface area contributed by atoms with E-state index in [1.165, 1.54) is 10.7 Å². The van der Waals surface area contributed by atoms with Crippen LogP contribution >= 0.6 is 35.3 Å². The summed E-state index contributed by atoms with van der Waals surface area (Å²) in [4.78, 5) is 13.8. The molecule has 1 saturated heterocycles. The molecule has 1 aromatic heterocycles. The lowest BCUT2D eigenvalue weighted by Crippen LogP contribution is -2.52. The van der Waals surface area contributed by atoms with Crippen LogP contribution in [0.2, 0.25) is 0 Å². The van der Waals surface area contributed by atoms with Gasteiger partial charge in [0.2, 0.25) is 0 Å². The number of hydrogen-bond donors (Lipinski definition) is 1. The number of thiazole rings is 1. The maximum atomic E-state index is 5.35. The van der Waals surface area contributed by atoms with E-state index in [1.54, 1.807) is 18.4 Å². The van der Waals surface area contributed by atoms with Gasteiger partial charge in [0.25, 0.3) is 0 Å². The first-order valence-electron chi connectivity index (χ1n) is 9.95. The van der Waals surface area contributed by atoms with Crippen LogP contribution in [0.5, 0.6) is 5.75 Å². The first-order valence-corrected chi connectivity index (χ1v) is 10.8. The van der Waals surface area contributed by atoms with Crippen molar-refractivity contribution < 1.29 is 4.74 Å². The molecule has 6 nitrogen and oxygen atoms in total. The smallest absolute Gasteiger partial charge is 0.193 e. The van der Waals surface area contributed by atoms with Crippen LogP contribution < -0.4 is 15.0 Å². The maximum absolute atomic E-state index is 5.35. The molecule has 0 atom stereocenters. The van der Waals surface area contributed by atoms with Crippen molar-refractivity contribution in [3.05, 3.63) is 40.3 Å². The number of unbranched alkanes of at least 4 members (excludes halogenated alkanes) is 1. The predicted molar refractivity (Wildman–Crippen MR) is 133 cm³/mol. The summed E-state index contributed by atoms with van der Waals surface area (Å²) in [5, 5.41) is 6.90. The molecular formula is C21H32IN5OS. The number of rotatable bonds is 7. The number of nitrogens with zero attached hydrogens (tertiary/aromatic N) is 4. The zero-order chi connectivity index (χ0) is 19.8. The first kappa shape index (κ1) is 23.7. The normalized spacial score (nSPS) is 14.5. The molecule has 1 aromatic carbocycles. The van der Waals surface area contributed by atoms with Gasteiger partial charge in [-0.05, 0) is 38.3 Å². The summed E-state index contributed by atoms with van der Waals surface area (Å²) in [5.41, 5.74) is 2.35. The molecule has 1 aliphatic rings. The van der Waals surface area contributed by atoms with Crippen molar-refractivity contribution in [2.75, 3.05) is 51.8 Å². The van der Waals surface area contributed by atoms with Gasteiger partial charge in [-0.15, -0.1) is 35.3 Å².